The number of carbonyl (C=O) groups excluding carboxylic acids is 1. The second-order valence-corrected chi connectivity index (χ2v) is 2.99. The molecule has 64 valence electrons. The Morgan fingerprint density at radius 1 is 1.64 bits per heavy atom. The minimum absolute atomic E-state index is 0.0231. The molecule has 0 aromatic rings. The largest absolute Gasteiger partial charge is 0.393 e. The smallest absolute Gasteiger partial charge is 0.314 e. The molecule has 1 unspecified atom stereocenters. The zero-order valence-electron chi connectivity index (χ0n) is 6.70. The van der Waals surface area contributed by atoms with Crippen molar-refractivity contribution in [2.24, 2.45) is 11.5 Å². The van der Waals surface area contributed by atoms with Crippen LogP contribution in [0.15, 0.2) is 0 Å². The molecular weight excluding hydrogens is 162 g/mol. The summed E-state index contributed by atoms with van der Waals surface area (Å²) in [7, 11) is 1.62. The Bertz CT molecular complexity index is 171. The number of hydrogen-bond donors (Lipinski definition) is 2. The first-order valence-corrected chi connectivity index (χ1v) is 3.66. The Labute approximate surface area is 71.5 Å². The van der Waals surface area contributed by atoms with E-state index in [4.69, 9.17) is 11.5 Å². The van der Waals surface area contributed by atoms with E-state index in [0.29, 0.717) is 11.4 Å². The topological polar surface area (TPSA) is 72.3 Å². The fourth-order valence-corrected chi connectivity index (χ4v) is 0.887. The molecule has 0 aromatic heterocycles. The Balaban J connectivity index is 3.92. The third kappa shape index (κ3) is 3.77. The van der Waals surface area contributed by atoms with E-state index in [1.54, 1.807) is 7.05 Å². The van der Waals surface area contributed by atoms with Gasteiger partial charge in [0.2, 0.25) is 0 Å². The van der Waals surface area contributed by atoms with Gasteiger partial charge < -0.3 is 16.4 Å². The Kier molecular flexibility index (Phi) is 3.81. The van der Waals surface area contributed by atoms with Crippen molar-refractivity contribution in [1.82, 2.24) is 4.90 Å². The minimum Gasteiger partial charge on any atom is -0.393 e. The SMILES string of the molecule is CC(CC(N)=S)N(C)C(N)=O. The molecule has 0 aliphatic carbocycles. The molecule has 0 spiro atoms. The molecule has 0 aliphatic rings. The number of urea groups is 1. The summed E-state index contributed by atoms with van der Waals surface area (Å²) in [6, 6.07) is -0.487. The van der Waals surface area contributed by atoms with Crippen LogP contribution in [0.2, 0.25) is 0 Å². The first kappa shape index (κ1) is 10.2. The third-order valence-electron chi connectivity index (χ3n) is 1.51. The summed E-state index contributed by atoms with van der Waals surface area (Å²) in [5, 5.41) is 0. The van der Waals surface area contributed by atoms with Crippen molar-refractivity contribution in [3.8, 4) is 0 Å². The molecule has 4 N–H and O–H groups in total. The lowest BCUT2D eigenvalue weighted by atomic mass is 10.2. The van der Waals surface area contributed by atoms with Crippen LogP contribution in [-0.2, 0) is 0 Å². The highest BCUT2D eigenvalue weighted by Gasteiger charge is 2.12. The molecule has 0 saturated carbocycles. The van der Waals surface area contributed by atoms with Gasteiger partial charge in [0.15, 0.2) is 0 Å². The van der Waals surface area contributed by atoms with E-state index in [0.717, 1.165) is 0 Å². The van der Waals surface area contributed by atoms with Crippen LogP contribution >= 0.6 is 12.2 Å². The maximum atomic E-state index is 10.6. The summed E-state index contributed by atoms with van der Waals surface area (Å²) in [6.07, 6.45) is 0.509. The number of primary amides is 1. The molecule has 0 heterocycles. The average molecular weight is 175 g/mol. The van der Waals surface area contributed by atoms with Gasteiger partial charge in [0.25, 0.3) is 0 Å². The summed E-state index contributed by atoms with van der Waals surface area (Å²) < 4.78 is 0. The summed E-state index contributed by atoms with van der Waals surface area (Å²) in [4.78, 5) is 12.4. The number of nitrogens with zero attached hydrogens (tertiary/aromatic N) is 1. The fraction of sp³-hybridized carbons (Fsp3) is 0.667. The number of hydrogen-bond acceptors (Lipinski definition) is 2. The number of nitrogens with two attached hydrogens (primary N) is 2. The third-order valence-corrected chi connectivity index (χ3v) is 1.67. The molecule has 4 nitrogen and oxygen atoms in total. The highest BCUT2D eigenvalue weighted by atomic mass is 32.1. The minimum atomic E-state index is -0.464. The van der Waals surface area contributed by atoms with Crippen molar-refractivity contribution in [3.63, 3.8) is 0 Å². The van der Waals surface area contributed by atoms with Crippen molar-refractivity contribution in [3.05, 3.63) is 0 Å². The molecule has 11 heavy (non-hydrogen) atoms. The summed E-state index contributed by atoms with van der Waals surface area (Å²) in [6.45, 7) is 1.84. The summed E-state index contributed by atoms with van der Waals surface area (Å²) >= 11 is 4.68. The lowest BCUT2D eigenvalue weighted by molar-refractivity contribution is 0.205. The van der Waals surface area contributed by atoms with Gasteiger partial charge in [-0.15, -0.1) is 0 Å². The van der Waals surface area contributed by atoms with Crippen LogP contribution in [0.1, 0.15) is 13.3 Å². The molecule has 0 aromatic carbocycles. The predicted molar refractivity (Wildman–Crippen MR) is 48.2 cm³/mol. The lowest BCUT2D eigenvalue weighted by Crippen LogP contribution is -2.40. The fourth-order valence-electron chi connectivity index (χ4n) is 0.645. The van der Waals surface area contributed by atoms with Crippen molar-refractivity contribution in [2.75, 3.05) is 7.05 Å². The van der Waals surface area contributed by atoms with Crippen LogP contribution in [0.5, 0.6) is 0 Å². The van der Waals surface area contributed by atoms with Crippen LogP contribution in [0, 0.1) is 0 Å². The van der Waals surface area contributed by atoms with Crippen LogP contribution in [0.3, 0.4) is 0 Å². The maximum Gasteiger partial charge on any atom is 0.314 e. The monoisotopic (exact) mass is 175 g/mol. The average Bonchev–Trinajstić information content (AvgIpc) is 1.84. The van der Waals surface area contributed by atoms with E-state index in [2.05, 4.69) is 12.2 Å². The highest BCUT2D eigenvalue weighted by molar-refractivity contribution is 7.80. The van der Waals surface area contributed by atoms with Crippen LogP contribution in [0.25, 0.3) is 0 Å². The predicted octanol–water partition coefficient (Wildman–Crippen LogP) is 0.0616. The number of carbonyl (C=O) groups is 1. The number of amides is 2. The summed E-state index contributed by atoms with van der Waals surface area (Å²) in [5.74, 6) is 0. The van der Waals surface area contributed by atoms with Crippen molar-refractivity contribution >= 4 is 23.2 Å². The van der Waals surface area contributed by atoms with Gasteiger partial charge in [-0.05, 0) is 6.92 Å². The molecule has 0 fully saturated rings. The first-order chi connectivity index (χ1) is 4.95. The number of rotatable bonds is 3. The Morgan fingerprint density at radius 2 is 2.09 bits per heavy atom. The van der Waals surface area contributed by atoms with Crippen LogP contribution in [-0.4, -0.2) is 29.0 Å². The quantitative estimate of drug-likeness (QED) is 0.596. The van der Waals surface area contributed by atoms with Gasteiger partial charge in [-0.1, -0.05) is 12.2 Å². The summed E-state index contributed by atoms with van der Waals surface area (Å²) in [5.41, 5.74) is 10.3. The molecule has 5 heteroatoms. The van der Waals surface area contributed by atoms with Gasteiger partial charge >= 0.3 is 6.03 Å². The van der Waals surface area contributed by atoms with E-state index in [9.17, 15) is 4.79 Å². The Morgan fingerprint density at radius 3 is 2.36 bits per heavy atom. The second kappa shape index (κ2) is 4.12. The van der Waals surface area contributed by atoms with E-state index >= 15 is 0 Å². The van der Waals surface area contributed by atoms with Crippen LogP contribution in [0.4, 0.5) is 4.79 Å². The van der Waals surface area contributed by atoms with Crippen LogP contribution < -0.4 is 11.5 Å². The zero-order valence-corrected chi connectivity index (χ0v) is 7.52. The molecule has 2 amide bonds. The van der Waals surface area contributed by atoms with Crippen molar-refractivity contribution in [1.29, 1.82) is 0 Å². The lowest BCUT2D eigenvalue weighted by Gasteiger charge is -2.21. The van der Waals surface area contributed by atoms with E-state index in [-0.39, 0.29) is 6.04 Å². The normalized spacial score (nSPS) is 12.2. The molecule has 0 saturated heterocycles. The van der Waals surface area contributed by atoms with Gasteiger partial charge in [0.05, 0.1) is 4.99 Å². The van der Waals surface area contributed by atoms with Crippen molar-refractivity contribution in [2.45, 2.75) is 19.4 Å². The molecular formula is C6H13N3OS. The Hall–Kier alpha value is -0.840. The van der Waals surface area contributed by atoms with Gasteiger partial charge in [-0.25, -0.2) is 4.79 Å². The molecule has 1 atom stereocenters. The van der Waals surface area contributed by atoms with E-state index in [1.165, 1.54) is 4.90 Å². The number of thiocarbonyl (C=S) groups is 1. The zero-order chi connectivity index (χ0) is 9.02. The second-order valence-electron chi connectivity index (χ2n) is 2.47. The maximum absolute atomic E-state index is 10.6. The van der Waals surface area contributed by atoms with Crippen molar-refractivity contribution < 1.29 is 4.79 Å². The molecule has 0 aliphatic heterocycles. The molecule has 0 rings (SSSR count). The van der Waals surface area contributed by atoms with Gasteiger partial charge in [0.1, 0.15) is 0 Å². The van der Waals surface area contributed by atoms with Gasteiger partial charge in [-0.2, -0.15) is 0 Å². The van der Waals surface area contributed by atoms with Gasteiger partial charge in [-0.3, -0.25) is 0 Å². The standard InChI is InChI=1S/C6H13N3OS/c1-4(3-5(7)11)9(2)6(8)10/h4H,3H2,1-2H3,(H2,7,11)(H2,8,10). The first-order valence-electron chi connectivity index (χ1n) is 3.25. The van der Waals surface area contributed by atoms with E-state index < -0.39 is 6.03 Å². The highest BCUT2D eigenvalue weighted by Crippen LogP contribution is 1.99. The van der Waals surface area contributed by atoms with Gasteiger partial charge in [0, 0.05) is 19.5 Å². The molecule has 0 bridgehead atoms. The van der Waals surface area contributed by atoms with E-state index in [1.807, 2.05) is 6.92 Å². The molecule has 0 radical (unpaired) electrons.